The van der Waals surface area contributed by atoms with E-state index in [0.717, 1.165) is 5.92 Å². The van der Waals surface area contributed by atoms with Crippen molar-refractivity contribution < 1.29 is 0 Å². The van der Waals surface area contributed by atoms with Crippen LogP contribution in [0.5, 0.6) is 0 Å². The zero-order chi connectivity index (χ0) is 9.99. The summed E-state index contributed by atoms with van der Waals surface area (Å²) < 4.78 is 0. The molecule has 0 aliphatic heterocycles. The Labute approximate surface area is 77.9 Å². The van der Waals surface area contributed by atoms with Gasteiger partial charge in [0.05, 0.1) is 0 Å². The molecule has 0 saturated carbocycles. The molecule has 0 saturated heterocycles. The molecule has 1 nitrogen and oxygen atoms in total. The topological polar surface area (TPSA) is 12.0 Å². The molecule has 1 heteroatoms. The Morgan fingerprint density at radius 1 is 1.17 bits per heavy atom. The molecule has 0 heterocycles. The third-order valence-electron chi connectivity index (χ3n) is 4.08. The van der Waals surface area contributed by atoms with Gasteiger partial charge in [-0.3, -0.25) is 0 Å². The van der Waals surface area contributed by atoms with Crippen molar-refractivity contribution in [3.05, 3.63) is 0 Å². The molecular weight excluding hydrogens is 146 g/mol. The molecule has 0 amide bonds. The van der Waals surface area contributed by atoms with Crippen molar-refractivity contribution in [3.63, 3.8) is 0 Å². The number of rotatable bonds is 4. The fraction of sp³-hybridized carbons (Fsp3) is 1.00. The molecule has 74 valence electrons. The summed E-state index contributed by atoms with van der Waals surface area (Å²) in [6.07, 6.45) is 1.25. The largest absolute Gasteiger partial charge is 0.314 e. The lowest BCUT2D eigenvalue weighted by atomic mass is 9.66. The zero-order valence-corrected chi connectivity index (χ0v) is 9.78. The Morgan fingerprint density at radius 2 is 1.58 bits per heavy atom. The Kier molecular flexibility index (Phi) is 3.77. The lowest BCUT2D eigenvalue weighted by Gasteiger charge is -2.45. The third kappa shape index (κ3) is 2.01. The molecule has 0 fully saturated rings. The second-order valence-electron chi connectivity index (χ2n) is 4.91. The van der Waals surface area contributed by atoms with Gasteiger partial charge in [-0.05, 0) is 32.2 Å². The van der Waals surface area contributed by atoms with Crippen LogP contribution < -0.4 is 5.32 Å². The van der Waals surface area contributed by atoms with Crippen LogP contribution in [0.2, 0.25) is 0 Å². The first-order valence-corrected chi connectivity index (χ1v) is 4.98. The van der Waals surface area contributed by atoms with Crippen LogP contribution in [0, 0.1) is 11.3 Å². The Hall–Kier alpha value is -0.0400. The lowest BCUT2D eigenvalue weighted by molar-refractivity contribution is 0.0910. The average Bonchev–Trinajstić information content (AvgIpc) is 2.02. The molecule has 0 aromatic heterocycles. The van der Waals surface area contributed by atoms with Crippen molar-refractivity contribution in [3.8, 4) is 0 Å². The van der Waals surface area contributed by atoms with E-state index in [1.807, 2.05) is 7.05 Å². The molecule has 1 N–H and O–H groups in total. The van der Waals surface area contributed by atoms with E-state index in [-0.39, 0.29) is 5.54 Å². The normalized spacial score (nSPS) is 16.2. The molecule has 12 heavy (non-hydrogen) atoms. The molecule has 0 spiro atoms. The van der Waals surface area contributed by atoms with Crippen LogP contribution in [-0.2, 0) is 0 Å². The summed E-state index contributed by atoms with van der Waals surface area (Å²) in [4.78, 5) is 0. The van der Waals surface area contributed by atoms with Gasteiger partial charge >= 0.3 is 0 Å². The second-order valence-corrected chi connectivity index (χ2v) is 4.91. The quantitative estimate of drug-likeness (QED) is 0.685. The van der Waals surface area contributed by atoms with Crippen molar-refractivity contribution in [2.75, 3.05) is 7.05 Å². The second kappa shape index (κ2) is 3.78. The molecule has 1 unspecified atom stereocenters. The van der Waals surface area contributed by atoms with Gasteiger partial charge in [0.25, 0.3) is 0 Å². The predicted octanol–water partition coefficient (Wildman–Crippen LogP) is 3.06. The standard InChI is InChI=1S/C11H25N/c1-8-9(2)10(3,4)11(5,6)12-7/h9,12H,8H2,1-7H3. The number of nitrogens with one attached hydrogen (secondary N) is 1. The molecule has 0 radical (unpaired) electrons. The molecule has 1 atom stereocenters. The highest BCUT2D eigenvalue weighted by atomic mass is 14.9. The van der Waals surface area contributed by atoms with Crippen molar-refractivity contribution in [1.82, 2.24) is 5.32 Å². The van der Waals surface area contributed by atoms with Gasteiger partial charge in [0.15, 0.2) is 0 Å². The minimum atomic E-state index is 0.211. The van der Waals surface area contributed by atoms with Gasteiger partial charge < -0.3 is 5.32 Å². The predicted molar refractivity (Wildman–Crippen MR) is 56.4 cm³/mol. The van der Waals surface area contributed by atoms with Gasteiger partial charge in [-0.1, -0.05) is 34.1 Å². The molecule has 0 aliphatic rings. The number of hydrogen-bond acceptors (Lipinski definition) is 1. The third-order valence-corrected chi connectivity index (χ3v) is 4.08. The Morgan fingerprint density at radius 3 is 1.83 bits per heavy atom. The van der Waals surface area contributed by atoms with Crippen LogP contribution in [0.3, 0.4) is 0 Å². The van der Waals surface area contributed by atoms with Gasteiger partial charge in [0.2, 0.25) is 0 Å². The van der Waals surface area contributed by atoms with E-state index in [2.05, 4.69) is 46.9 Å². The molecule has 0 aliphatic carbocycles. The minimum Gasteiger partial charge on any atom is -0.314 e. The summed E-state index contributed by atoms with van der Waals surface area (Å²) >= 11 is 0. The Bertz CT molecular complexity index is 136. The van der Waals surface area contributed by atoms with Gasteiger partial charge in [-0.15, -0.1) is 0 Å². The van der Waals surface area contributed by atoms with E-state index in [1.165, 1.54) is 6.42 Å². The summed E-state index contributed by atoms with van der Waals surface area (Å²) in [6.45, 7) is 13.8. The molecular formula is C11H25N. The van der Waals surface area contributed by atoms with Crippen LogP contribution in [0.4, 0.5) is 0 Å². The summed E-state index contributed by atoms with van der Waals surface area (Å²) in [5, 5.41) is 3.40. The summed E-state index contributed by atoms with van der Waals surface area (Å²) in [5.74, 6) is 0.750. The smallest absolute Gasteiger partial charge is 0.0175 e. The van der Waals surface area contributed by atoms with Crippen LogP contribution >= 0.6 is 0 Å². The minimum absolute atomic E-state index is 0.211. The first-order valence-electron chi connectivity index (χ1n) is 4.98. The Balaban J connectivity index is 4.58. The van der Waals surface area contributed by atoms with E-state index < -0.39 is 0 Å². The summed E-state index contributed by atoms with van der Waals surface area (Å²) in [5.41, 5.74) is 0.554. The average molecular weight is 171 g/mol. The first-order chi connectivity index (χ1) is 5.29. The van der Waals surface area contributed by atoms with Crippen LogP contribution in [0.15, 0.2) is 0 Å². The molecule has 0 aromatic rings. The van der Waals surface area contributed by atoms with Crippen LogP contribution in [0.1, 0.15) is 48.0 Å². The summed E-state index contributed by atoms with van der Waals surface area (Å²) in [7, 11) is 2.05. The van der Waals surface area contributed by atoms with E-state index in [0.29, 0.717) is 5.41 Å². The van der Waals surface area contributed by atoms with Gasteiger partial charge in [0, 0.05) is 5.54 Å². The maximum atomic E-state index is 3.40. The fourth-order valence-electron chi connectivity index (χ4n) is 1.45. The van der Waals surface area contributed by atoms with E-state index in [9.17, 15) is 0 Å². The maximum Gasteiger partial charge on any atom is 0.0175 e. The highest BCUT2D eigenvalue weighted by Gasteiger charge is 2.38. The van der Waals surface area contributed by atoms with Gasteiger partial charge in [-0.2, -0.15) is 0 Å². The van der Waals surface area contributed by atoms with Gasteiger partial charge in [-0.25, -0.2) is 0 Å². The zero-order valence-electron chi connectivity index (χ0n) is 9.78. The van der Waals surface area contributed by atoms with E-state index in [4.69, 9.17) is 0 Å². The molecule has 0 rings (SSSR count). The fourth-order valence-corrected chi connectivity index (χ4v) is 1.45. The molecule has 0 aromatic carbocycles. The number of hydrogen-bond donors (Lipinski definition) is 1. The highest BCUT2D eigenvalue weighted by molar-refractivity contribution is 4.94. The van der Waals surface area contributed by atoms with Crippen molar-refractivity contribution in [2.45, 2.75) is 53.5 Å². The first kappa shape index (κ1) is 12.0. The maximum absolute atomic E-state index is 3.40. The van der Waals surface area contributed by atoms with Crippen molar-refractivity contribution in [2.24, 2.45) is 11.3 Å². The molecule has 0 bridgehead atoms. The van der Waals surface area contributed by atoms with Crippen LogP contribution in [0.25, 0.3) is 0 Å². The van der Waals surface area contributed by atoms with Gasteiger partial charge in [0.1, 0.15) is 0 Å². The van der Waals surface area contributed by atoms with E-state index in [1.54, 1.807) is 0 Å². The van der Waals surface area contributed by atoms with Crippen LogP contribution in [-0.4, -0.2) is 12.6 Å². The lowest BCUT2D eigenvalue weighted by Crippen LogP contribution is -2.52. The van der Waals surface area contributed by atoms with Crippen molar-refractivity contribution in [1.29, 1.82) is 0 Å². The summed E-state index contributed by atoms with van der Waals surface area (Å²) in [6, 6.07) is 0. The van der Waals surface area contributed by atoms with E-state index >= 15 is 0 Å². The highest BCUT2D eigenvalue weighted by Crippen LogP contribution is 2.39. The van der Waals surface area contributed by atoms with Crippen molar-refractivity contribution >= 4 is 0 Å². The SMILES string of the molecule is CCC(C)C(C)(C)C(C)(C)NC. The monoisotopic (exact) mass is 171 g/mol.